The molecule has 0 atom stereocenters. The molecule has 0 aromatic carbocycles. The van der Waals surface area contributed by atoms with Gasteiger partial charge in [-0.3, -0.25) is 4.79 Å². The highest BCUT2D eigenvalue weighted by molar-refractivity contribution is 5.47. The molecule has 0 aromatic heterocycles. The quantitative estimate of drug-likeness (QED) is 0.546. The Bertz CT molecular complexity index is 99.4. The molecule has 0 rings (SSSR count). The van der Waals surface area contributed by atoms with Crippen molar-refractivity contribution in [2.45, 2.75) is 33.7 Å². The first-order chi connectivity index (χ1) is 4.57. The van der Waals surface area contributed by atoms with Crippen LogP contribution in [0.5, 0.6) is 0 Å². The van der Waals surface area contributed by atoms with Gasteiger partial charge in [0.1, 0.15) is 0 Å². The molecule has 2 nitrogen and oxygen atoms in total. The second kappa shape index (κ2) is 4.31. The lowest BCUT2D eigenvalue weighted by Gasteiger charge is -2.23. The van der Waals surface area contributed by atoms with Gasteiger partial charge < -0.3 is 4.90 Å². The Kier molecular flexibility index (Phi) is 4.08. The number of nitrogens with zero attached hydrogens (tertiary/aromatic N) is 1. The molecular weight excluding hydrogens is 126 g/mol. The summed E-state index contributed by atoms with van der Waals surface area (Å²) in [5.74, 6) is 0.563. The normalized spacial score (nSPS) is 10.6. The van der Waals surface area contributed by atoms with Gasteiger partial charge in [0.15, 0.2) is 0 Å². The lowest BCUT2D eigenvalue weighted by atomic mass is 10.2. The van der Waals surface area contributed by atoms with Crippen molar-refractivity contribution in [2.75, 3.05) is 6.54 Å². The van der Waals surface area contributed by atoms with Crippen molar-refractivity contribution in [3.05, 3.63) is 0 Å². The van der Waals surface area contributed by atoms with Crippen LogP contribution in [-0.2, 0) is 4.79 Å². The van der Waals surface area contributed by atoms with E-state index < -0.39 is 0 Å². The van der Waals surface area contributed by atoms with Gasteiger partial charge in [0.25, 0.3) is 0 Å². The van der Waals surface area contributed by atoms with Gasteiger partial charge in [0.05, 0.1) is 0 Å². The number of carbonyl (C=O) groups excluding carboxylic acids is 1. The van der Waals surface area contributed by atoms with Gasteiger partial charge in [-0.05, 0) is 19.8 Å². The van der Waals surface area contributed by atoms with Gasteiger partial charge in [-0.15, -0.1) is 0 Å². The van der Waals surface area contributed by atoms with Gasteiger partial charge in [-0.1, -0.05) is 13.8 Å². The van der Waals surface area contributed by atoms with Crippen LogP contribution < -0.4 is 0 Å². The van der Waals surface area contributed by atoms with Crippen LogP contribution in [0.25, 0.3) is 0 Å². The van der Waals surface area contributed by atoms with Crippen LogP contribution in [0.3, 0.4) is 0 Å². The molecule has 0 aliphatic heterocycles. The Morgan fingerprint density at radius 2 is 1.80 bits per heavy atom. The third kappa shape index (κ3) is 3.49. The van der Waals surface area contributed by atoms with E-state index in [1.807, 2.05) is 18.7 Å². The minimum atomic E-state index is 0.333. The molecule has 0 fully saturated rings. The van der Waals surface area contributed by atoms with E-state index in [9.17, 15) is 4.79 Å². The summed E-state index contributed by atoms with van der Waals surface area (Å²) in [6.45, 7) is 9.13. The topological polar surface area (TPSA) is 20.3 Å². The van der Waals surface area contributed by atoms with Crippen LogP contribution >= 0.6 is 0 Å². The van der Waals surface area contributed by atoms with Crippen molar-refractivity contribution >= 4 is 6.41 Å². The molecule has 60 valence electrons. The molecule has 0 bridgehead atoms. The molecule has 1 amide bonds. The predicted octanol–water partition coefficient (Wildman–Crippen LogP) is 1.51. The van der Waals surface area contributed by atoms with E-state index in [-0.39, 0.29) is 0 Å². The van der Waals surface area contributed by atoms with E-state index >= 15 is 0 Å². The zero-order valence-electron chi connectivity index (χ0n) is 7.29. The minimum absolute atomic E-state index is 0.333. The standard InChI is InChI=1S/C8H17NO/c1-7(2)5-9(6-10)8(3)4/h6-8H,5H2,1-4H3. The van der Waals surface area contributed by atoms with Crippen molar-refractivity contribution in [2.24, 2.45) is 5.92 Å². The molecule has 0 heterocycles. The third-order valence-corrected chi connectivity index (χ3v) is 1.37. The number of amides is 1. The maximum absolute atomic E-state index is 10.4. The van der Waals surface area contributed by atoms with Crippen LogP contribution in [-0.4, -0.2) is 23.9 Å². The van der Waals surface area contributed by atoms with Crippen LogP contribution in [0.15, 0.2) is 0 Å². The number of rotatable bonds is 4. The SMILES string of the molecule is CC(C)CN(C=O)C(C)C. The van der Waals surface area contributed by atoms with Gasteiger partial charge in [-0.25, -0.2) is 0 Å². The van der Waals surface area contributed by atoms with Crippen LogP contribution in [0.4, 0.5) is 0 Å². The first kappa shape index (κ1) is 9.47. The van der Waals surface area contributed by atoms with Gasteiger partial charge >= 0.3 is 0 Å². The van der Waals surface area contributed by atoms with Crippen LogP contribution in [0.2, 0.25) is 0 Å². The average molecular weight is 143 g/mol. The summed E-state index contributed by atoms with van der Waals surface area (Å²) in [7, 11) is 0. The zero-order valence-corrected chi connectivity index (χ0v) is 7.29. The Hall–Kier alpha value is -0.530. The van der Waals surface area contributed by atoms with Crippen LogP contribution in [0, 0.1) is 5.92 Å². The maximum Gasteiger partial charge on any atom is 0.209 e. The van der Waals surface area contributed by atoms with Gasteiger partial charge in [0, 0.05) is 12.6 Å². The fourth-order valence-corrected chi connectivity index (χ4v) is 0.797. The summed E-state index contributed by atoms with van der Waals surface area (Å²) in [6.07, 6.45) is 0.921. The maximum atomic E-state index is 10.4. The van der Waals surface area contributed by atoms with E-state index in [4.69, 9.17) is 0 Å². The zero-order chi connectivity index (χ0) is 8.15. The Morgan fingerprint density at radius 3 is 1.90 bits per heavy atom. The molecule has 10 heavy (non-hydrogen) atoms. The first-order valence-electron chi connectivity index (χ1n) is 3.79. The predicted molar refractivity (Wildman–Crippen MR) is 42.7 cm³/mol. The van der Waals surface area contributed by atoms with Gasteiger partial charge in [0.2, 0.25) is 6.41 Å². The smallest absolute Gasteiger partial charge is 0.209 e. The van der Waals surface area contributed by atoms with Crippen molar-refractivity contribution in [3.8, 4) is 0 Å². The van der Waals surface area contributed by atoms with Crippen LogP contribution in [0.1, 0.15) is 27.7 Å². The second-order valence-corrected chi connectivity index (χ2v) is 3.29. The fraction of sp³-hybridized carbons (Fsp3) is 0.875. The minimum Gasteiger partial charge on any atom is -0.343 e. The Labute approximate surface area is 63.2 Å². The summed E-state index contributed by atoms with van der Waals surface area (Å²) < 4.78 is 0. The lowest BCUT2D eigenvalue weighted by Crippen LogP contribution is -2.32. The highest BCUT2D eigenvalue weighted by Gasteiger charge is 2.06. The largest absolute Gasteiger partial charge is 0.343 e. The summed E-state index contributed by atoms with van der Waals surface area (Å²) in [4.78, 5) is 12.2. The molecule has 0 aliphatic rings. The van der Waals surface area contributed by atoms with E-state index in [0.717, 1.165) is 13.0 Å². The molecule has 0 aliphatic carbocycles. The number of hydrogen-bond acceptors (Lipinski definition) is 1. The monoisotopic (exact) mass is 143 g/mol. The number of hydrogen-bond donors (Lipinski definition) is 0. The van der Waals surface area contributed by atoms with Crippen molar-refractivity contribution in [3.63, 3.8) is 0 Å². The molecule has 0 spiro atoms. The summed E-state index contributed by atoms with van der Waals surface area (Å²) >= 11 is 0. The van der Waals surface area contributed by atoms with E-state index in [0.29, 0.717) is 12.0 Å². The molecule has 0 N–H and O–H groups in total. The van der Waals surface area contributed by atoms with Gasteiger partial charge in [-0.2, -0.15) is 0 Å². The lowest BCUT2D eigenvalue weighted by molar-refractivity contribution is -0.120. The summed E-state index contributed by atoms with van der Waals surface area (Å²) in [5.41, 5.74) is 0. The van der Waals surface area contributed by atoms with Crippen molar-refractivity contribution in [1.29, 1.82) is 0 Å². The molecule has 0 aromatic rings. The molecule has 0 radical (unpaired) electrons. The Balaban J connectivity index is 3.71. The second-order valence-electron chi connectivity index (χ2n) is 3.29. The van der Waals surface area contributed by atoms with Crippen molar-refractivity contribution in [1.82, 2.24) is 4.90 Å². The molecule has 0 unspecified atom stereocenters. The van der Waals surface area contributed by atoms with E-state index in [1.54, 1.807) is 0 Å². The number of carbonyl (C=O) groups is 1. The average Bonchev–Trinajstić information content (AvgIpc) is 1.81. The van der Waals surface area contributed by atoms with E-state index in [1.165, 1.54) is 0 Å². The highest BCUT2D eigenvalue weighted by Crippen LogP contribution is 2.00. The third-order valence-electron chi connectivity index (χ3n) is 1.37. The van der Waals surface area contributed by atoms with E-state index in [2.05, 4.69) is 13.8 Å². The summed E-state index contributed by atoms with van der Waals surface area (Å²) in [5, 5.41) is 0. The Morgan fingerprint density at radius 1 is 1.30 bits per heavy atom. The molecule has 2 heteroatoms. The molecule has 0 saturated carbocycles. The van der Waals surface area contributed by atoms with Crippen molar-refractivity contribution < 1.29 is 4.79 Å². The molecule has 0 saturated heterocycles. The first-order valence-corrected chi connectivity index (χ1v) is 3.79. The molecular formula is C8H17NO. The summed E-state index contributed by atoms with van der Waals surface area (Å²) in [6, 6.07) is 0.333. The fourth-order valence-electron chi connectivity index (χ4n) is 0.797. The highest BCUT2D eigenvalue weighted by atomic mass is 16.1.